The molecule has 3 aromatic rings. The molecule has 0 atom stereocenters. The molecular weight excluding hydrogens is 438 g/mol. The van der Waals surface area contributed by atoms with E-state index < -0.39 is 0 Å². The maximum Gasteiger partial charge on any atom is 0.115 e. The van der Waals surface area contributed by atoms with Crippen LogP contribution in [0.25, 0.3) is 0 Å². The van der Waals surface area contributed by atoms with Gasteiger partial charge in [-0.15, -0.1) is 0 Å². The highest BCUT2D eigenvalue weighted by atomic mass is 14.8. The first kappa shape index (κ1) is 46.7. The number of hydrogen-bond acceptors (Lipinski definition) is 3. The highest BCUT2D eigenvalue weighted by Crippen LogP contribution is 1.82. The third-order valence-corrected chi connectivity index (χ3v) is 1.71. The standard InChI is InChI=1S/C6H6.C5H5N.C4H4N2.3C4H10.3C2H6/c2*1-2-4-6-5-3-1;1-2-5-4-6-3-1;3*1-4(2)3;3*1-2/h1-6H;1-5H;1-4H;3*4H,1-3H3;3*1-2H3. The zero-order valence-electron chi connectivity index (χ0n) is 26.7. The van der Waals surface area contributed by atoms with E-state index in [2.05, 4.69) is 77.3 Å². The van der Waals surface area contributed by atoms with E-state index in [0.29, 0.717) is 0 Å². The van der Waals surface area contributed by atoms with Gasteiger partial charge in [0.2, 0.25) is 0 Å². The van der Waals surface area contributed by atoms with Gasteiger partial charge in [-0.2, -0.15) is 0 Å². The Morgan fingerprint density at radius 1 is 0.306 bits per heavy atom. The van der Waals surface area contributed by atoms with E-state index in [1.54, 1.807) is 30.9 Å². The fourth-order valence-electron chi connectivity index (χ4n) is 0.951. The van der Waals surface area contributed by atoms with Crippen molar-refractivity contribution >= 4 is 0 Å². The van der Waals surface area contributed by atoms with E-state index >= 15 is 0 Å². The van der Waals surface area contributed by atoms with Crippen LogP contribution in [0.2, 0.25) is 0 Å². The molecule has 1 aromatic carbocycles. The minimum absolute atomic E-state index is 0.833. The largest absolute Gasteiger partial charge is 0.265 e. The van der Waals surface area contributed by atoms with Crippen LogP contribution in [0.5, 0.6) is 0 Å². The number of aromatic nitrogens is 3. The Hall–Kier alpha value is -2.55. The highest BCUT2D eigenvalue weighted by Gasteiger charge is 1.69. The Balaban J connectivity index is -0.0000000727. The van der Waals surface area contributed by atoms with Crippen LogP contribution in [-0.4, -0.2) is 15.0 Å². The van der Waals surface area contributed by atoms with Crippen molar-refractivity contribution in [2.45, 2.75) is 104 Å². The molecule has 0 saturated heterocycles. The van der Waals surface area contributed by atoms with Gasteiger partial charge in [0.25, 0.3) is 0 Å². The van der Waals surface area contributed by atoms with Crippen molar-refractivity contribution in [1.82, 2.24) is 15.0 Å². The van der Waals surface area contributed by atoms with Crippen molar-refractivity contribution in [3.8, 4) is 0 Å². The van der Waals surface area contributed by atoms with Gasteiger partial charge in [0.05, 0.1) is 0 Å². The van der Waals surface area contributed by atoms with Crippen LogP contribution in [-0.2, 0) is 0 Å². The smallest absolute Gasteiger partial charge is 0.115 e. The molecule has 36 heavy (non-hydrogen) atoms. The summed E-state index contributed by atoms with van der Waals surface area (Å²) in [5.74, 6) is 2.50. The molecule has 0 aliphatic carbocycles. The molecule has 0 amide bonds. The third-order valence-electron chi connectivity index (χ3n) is 1.71. The van der Waals surface area contributed by atoms with Crippen molar-refractivity contribution in [2.75, 3.05) is 0 Å². The van der Waals surface area contributed by atoms with Gasteiger partial charge in [-0.1, -0.05) is 146 Å². The van der Waals surface area contributed by atoms with Crippen LogP contribution in [0.15, 0.2) is 91.8 Å². The highest BCUT2D eigenvalue weighted by molar-refractivity contribution is 4.99. The lowest BCUT2D eigenvalue weighted by molar-refractivity contribution is 0.736. The van der Waals surface area contributed by atoms with E-state index in [-0.39, 0.29) is 0 Å². The maximum absolute atomic E-state index is 3.78. The predicted octanol–water partition coefficient (Wildman–Crippen LogP) is 11.3. The van der Waals surface area contributed by atoms with E-state index in [0.717, 1.165) is 17.8 Å². The van der Waals surface area contributed by atoms with Crippen molar-refractivity contribution in [2.24, 2.45) is 17.8 Å². The second kappa shape index (κ2) is 53.7. The number of hydrogen-bond donors (Lipinski definition) is 0. The molecule has 210 valence electrons. The van der Waals surface area contributed by atoms with E-state index in [4.69, 9.17) is 0 Å². The van der Waals surface area contributed by atoms with Gasteiger partial charge in [-0.3, -0.25) is 4.98 Å². The van der Waals surface area contributed by atoms with Crippen molar-refractivity contribution < 1.29 is 0 Å². The first-order valence-corrected chi connectivity index (χ1v) is 13.7. The second-order valence-corrected chi connectivity index (χ2v) is 8.28. The molecular formula is C33H63N3. The summed E-state index contributed by atoms with van der Waals surface area (Å²) in [6, 6.07) is 19.5. The van der Waals surface area contributed by atoms with Crippen LogP contribution in [0.3, 0.4) is 0 Å². The van der Waals surface area contributed by atoms with Gasteiger partial charge in [-0.25, -0.2) is 9.97 Å². The molecule has 0 bridgehead atoms. The molecule has 0 aliphatic rings. The van der Waals surface area contributed by atoms with Crippen molar-refractivity contribution in [1.29, 1.82) is 0 Å². The fourth-order valence-corrected chi connectivity index (χ4v) is 0.951. The molecule has 0 fully saturated rings. The minimum atomic E-state index is 0.833. The van der Waals surface area contributed by atoms with Gasteiger partial charge in [0.15, 0.2) is 0 Å². The molecule has 0 aliphatic heterocycles. The summed E-state index contributed by atoms with van der Waals surface area (Å²) in [4.78, 5) is 11.1. The van der Waals surface area contributed by atoms with Gasteiger partial charge < -0.3 is 0 Å². The lowest BCUT2D eigenvalue weighted by Crippen LogP contribution is -1.66. The average Bonchev–Trinajstić information content (AvgIpc) is 2.90. The molecule has 3 rings (SSSR count). The molecule has 0 radical (unpaired) electrons. The van der Waals surface area contributed by atoms with Crippen LogP contribution >= 0.6 is 0 Å². The molecule has 0 unspecified atom stereocenters. The lowest BCUT2D eigenvalue weighted by atomic mass is 10.3. The van der Waals surface area contributed by atoms with Gasteiger partial charge in [-0.05, 0) is 36.0 Å². The van der Waals surface area contributed by atoms with Crippen molar-refractivity contribution in [3.05, 3.63) is 91.8 Å². The molecule has 3 heteroatoms. The van der Waals surface area contributed by atoms with Crippen LogP contribution in [0.1, 0.15) is 104 Å². The molecule has 0 spiro atoms. The van der Waals surface area contributed by atoms with Gasteiger partial charge >= 0.3 is 0 Å². The summed E-state index contributed by atoms with van der Waals surface area (Å²) in [6.45, 7) is 31.5. The number of rotatable bonds is 0. The molecule has 0 saturated carbocycles. The fraction of sp³-hybridized carbons (Fsp3) is 0.545. The maximum atomic E-state index is 3.78. The lowest BCUT2D eigenvalue weighted by Gasteiger charge is -1.79. The van der Waals surface area contributed by atoms with Gasteiger partial charge in [0.1, 0.15) is 6.33 Å². The Morgan fingerprint density at radius 2 is 0.500 bits per heavy atom. The average molecular weight is 502 g/mol. The molecule has 0 N–H and O–H groups in total. The number of benzene rings is 1. The van der Waals surface area contributed by atoms with E-state index in [9.17, 15) is 0 Å². The monoisotopic (exact) mass is 502 g/mol. The first-order chi connectivity index (χ1) is 17.2. The van der Waals surface area contributed by atoms with Gasteiger partial charge in [0, 0.05) is 24.8 Å². The summed E-state index contributed by atoms with van der Waals surface area (Å²) in [7, 11) is 0. The summed E-state index contributed by atoms with van der Waals surface area (Å²) < 4.78 is 0. The zero-order chi connectivity index (χ0) is 29.5. The second-order valence-electron chi connectivity index (χ2n) is 8.28. The Morgan fingerprint density at radius 3 is 0.583 bits per heavy atom. The van der Waals surface area contributed by atoms with Crippen molar-refractivity contribution in [3.63, 3.8) is 0 Å². The first-order valence-electron chi connectivity index (χ1n) is 13.7. The number of nitrogens with zero attached hydrogens (tertiary/aromatic N) is 3. The molecule has 2 heterocycles. The van der Waals surface area contributed by atoms with Crippen LogP contribution in [0, 0.1) is 17.8 Å². The third kappa shape index (κ3) is 122. The predicted molar refractivity (Wildman–Crippen MR) is 168 cm³/mol. The minimum Gasteiger partial charge on any atom is -0.265 e. The summed E-state index contributed by atoms with van der Waals surface area (Å²) in [5, 5.41) is 0. The SMILES string of the molecule is CC.CC.CC.CC(C)C.CC(C)C.CC(C)C.c1ccccc1.c1ccncc1.c1cncnc1. The van der Waals surface area contributed by atoms with E-state index in [1.165, 1.54) is 6.33 Å². The Labute approximate surface area is 228 Å². The molecule has 2 aromatic heterocycles. The summed E-state index contributed by atoms with van der Waals surface area (Å²) >= 11 is 0. The molecule has 3 nitrogen and oxygen atoms in total. The summed E-state index contributed by atoms with van der Waals surface area (Å²) in [6.07, 6.45) is 8.38. The topological polar surface area (TPSA) is 38.7 Å². The van der Waals surface area contributed by atoms with Crippen LogP contribution in [0.4, 0.5) is 0 Å². The van der Waals surface area contributed by atoms with E-state index in [1.807, 2.05) is 96.1 Å². The number of pyridine rings is 1. The zero-order valence-corrected chi connectivity index (χ0v) is 26.7. The van der Waals surface area contributed by atoms with Crippen LogP contribution < -0.4 is 0 Å². The quantitative estimate of drug-likeness (QED) is 0.307. The Kier molecular flexibility index (Phi) is 69.7. The normalized spacial score (nSPS) is 7.50. The summed E-state index contributed by atoms with van der Waals surface area (Å²) in [5.41, 5.74) is 0. The Bertz CT molecular complexity index is 406.